The van der Waals surface area contributed by atoms with Crippen molar-refractivity contribution in [3.05, 3.63) is 28.8 Å². The van der Waals surface area contributed by atoms with Gasteiger partial charge in [0.2, 0.25) is 5.91 Å². The molecular formula is C15H18ClN3O. The molecule has 1 amide bonds. The third-order valence-electron chi connectivity index (χ3n) is 3.59. The molecule has 1 saturated carbocycles. The van der Waals surface area contributed by atoms with Gasteiger partial charge in [-0.2, -0.15) is 5.26 Å². The van der Waals surface area contributed by atoms with Crippen LogP contribution in [0.15, 0.2) is 18.2 Å². The van der Waals surface area contributed by atoms with Crippen LogP contribution in [-0.4, -0.2) is 18.0 Å². The lowest BCUT2D eigenvalue weighted by molar-refractivity contribution is -0.120. The number of carbonyl (C=O) groups is 1. The molecule has 2 rings (SSSR count). The molecule has 1 unspecified atom stereocenters. The van der Waals surface area contributed by atoms with Gasteiger partial charge in [0.1, 0.15) is 5.54 Å². The normalized spacial score (nSPS) is 16.9. The SMILES string of the molecule is Cc1ccc(NCC(=O)NC(C)(C#N)C2CC2)c(Cl)c1. The number of rotatable bonds is 5. The van der Waals surface area contributed by atoms with E-state index in [0.717, 1.165) is 24.1 Å². The highest BCUT2D eigenvalue weighted by Crippen LogP contribution is 2.39. The van der Waals surface area contributed by atoms with Gasteiger partial charge in [-0.25, -0.2) is 0 Å². The monoisotopic (exact) mass is 291 g/mol. The number of nitrogens with one attached hydrogen (secondary N) is 2. The van der Waals surface area contributed by atoms with Crippen molar-refractivity contribution in [3.8, 4) is 6.07 Å². The fraction of sp³-hybridized carbons (Fsp3) is 0.467. The topological polar surface area (TPSA) is 64.9 Å². The van der Waals surface area contributed by atoms with E-state index in [-0.39, 0.29) is 18.4 Å². The van der Waals surface area contributed by atoms with Crippen LogP contribution in [0.2, 0.25) is 5.02 Å². The number of halogens is 1. The largest absolute Gasteiger partial charge is 0.375 e. The van der Waals surface area contributed by atoms with E-state index in [2.05, 4.69) is 16.7 Å². The van der Waals surface area contributed by atoms with Gasteiger partial charge in [0.25, 0.3) is 0 Å². The molecule has 4 nitrogen and oxygen atoms in total. The van der Waals surface area contributed by atoms with Gasteiger partial charge in [-0.1, -0.05) is 17.7 Å². The highest BCUT2D eigenvalue weighted by Gasteiger charge is 2.42. The van der Waals surface area contributed by atoms with Crippen LogP contribution in [0.5, 0.6) is 0 Å². The summed E-state index contributed by atoms with van der Waals surface area (Å²) in [6, 6.07) is 7.81. The second-order valence-electron chi connectivity index (χ2n) is 5.47. The number of aryl methyl sites for hydroxylation is 1. The average molecular weight is 292 g/mol. The molecule has 1 atom stereocenters. The first kappa shape index (κ1) is 14.7. The lowest BCUT2D eigenvalue weighted by Crippen LogP contribution is -2.48. The molecule has 106 valence electrons. The highest BCUT2D eigenvalue weighted by atomic mass is 35.5. The summed E-state index contributed by atoms with van der Waals surface area (Å²) in [4.78, 5) is 11.9. The van der Waals surface area contributed by atoms with Gasteiger partial charge in [-0.15, -0.1) is 0 Å². The molecule has 0 heterocycles. The summed E-state index contributed by atoms with van der Waals surface area (Å²) in [5.74, 6) is 0.0806. The first-order valence-corrected chi connectivity index (χ1v) is 7.04. The van der Waals surface area contributed by atoms with E-state index in [1.54, 1.807) is 6.92 Å². The number of anilines is 1. The molecule has 1 fully saturated rings. The quantitative estimate of drug-likeness (QED) is 0.877. The summed E-state index contributed by atoms with van der Waals surface area (Å²) < 4.78 is 0. The molecular weight excluding hydrogens is 274 g/mol. The summed E-state index contributed by atoms with van der Waals surface area (Å²) in [5, 5.41) is 15.6. The van der Waals surface area contributed by atoms with Gasteiger partial charge in [0.05, 0.1) is 23.3 Å². The van der Waals surface area contributed by atoms with Crippen LogP contribution in [-0.2, 0) is 4.79 Å². The number of carbonyl (C=O) groups excluding carboxylic acids is 1. The minimum Gasteiger partial charge on any atom is -0.375 e. The predicted octanol–water partition coefficient (Wildman–Crippen LogP) is 2.87. The van der Waals surface area contributed by atoms with Crippen LogP contribution in [0.25, 0.3) is 0 Å². The fourth-order valence-corrected chi connectivity index (χ4v) is 2.46. The molecule has 1 aliphatic rings. The molecule has 2 N–H and O–H groups in total. The number of nitrogens with zero attached hydrogens (tertiary/aromatic N) is 1. The maximum Gasteiger partial charge on any atom is 0.240 e. The Hall–Kier alpha value is -1.73. The smallest absolute Gasteiger partial charge is 0.240 e. The van der Waals surface area contributed by atoms with Crippen LogP contribution in [0.3, 0.4) is 0 Å². The maximum absolute atomic E-state index is 11.9. The Morgan fingerprint density at radius 3 is 2.80 bits per heavy atom. The fourth-order valence-electron chi connectivity index (χ4n) is 2.15. The molecule has 1 aliphatic carbocycles. The van der Waals surface area contributed by atoms with Crippen LogP contribution in [0.4, 0.5) is 5.69 Å². The average Bonchev–Trinajstić information content (AvgIpc) is 3.22. The van der Waals surface area contributed by atoms with Crippen molar-refractivity contribution in [2.24, 2.45) is 5.92 Å². The van der Waals surface area contributed by atoms with Crippen molar-refractivity contribution in [2.45, 2.75) is 32.2 Å². The number of hydrogen-bond donors (Lipinski definition) is 2. The van der Waals surface area contributed by atoms with Crippen molar-refractivity contribution < 1.29 is 4.79 Å². The molecule has 0 saturated heterocycles. The molecule has 0 spiro atoms. The Kier molecular flexibility index (Phi) is 4.20. The Morgan fingerprint density at radius 1 is 1.55 bits per heavy atom. The third kappa shape index (κ3) is 3.43. The first-order valence-electron chi connectivity index (χ1n) is 6.67. The molecule has 0 bridgehead atoms. The highest BCUT2D eigenvalue weighted by molar-refractivity contribution is 6.33. The summed E-state index contributed by atoms with van der Waals surface area (Å²) >= 11 is 6.09. The van der Waals surface area contributed by atoms with Gasteiger partial charge >= 0.3 is 0 Å². The summed E-state index contributed by atoms with van der Waals surface area (Å²) in [6.07, 6.45) is 2.00. The van der Waals surface area contributed by atoms with Crippen LogP contribution >= 0.6 is 11.6 Å². The number of hydrogen-bond acceptors (Lipinski definition) is 3. The Bertz CT molecular complexity index is 563. The van der Waals surface area contributed by atoms with Crippen LogP contribution < -0.4 is 10.6 Å². The van der Waals surface area contributed by atoms with E-state index >= 15 is 0 Å². The molecule has 20 heavy (non-hydrogen) atoms. The van der Waals surface area contributed by atoms with Crippen molar-refractivity contribution >= 4 is 23.2 Å². The number of amides is 1. The van der Waals surface area contributed by atoms with Gasteiger partial charge in [-0.05, 0) is 50.3 Å². The Labute approximate surface area is 124 Å². The zero-order chi connectivity index (χ0) is 14.8. The summed E-state index contributed by atoms with van der Waals surface area (Å²) in [6.45, 7) is 3.84. The predicted molar refractivity (Wildman–Crippen MR) is 79.6 cm³/mol. The molecule has 1 aromatic carbocycles. The van der Waals surface area contributed by atoms with Crippen LogP contribution in [0, 0.1) is 24.2 Å². The molecule has 0 aromatic heterocycles. The van der Waals surface area contributed by atoms with Gasteiger partial charge in [0.15, 0.2) is 0 Å². The number of benzene rings is 1. The minimum absolute atomic E-state index is 0.104. The Morgan fingerprint density at radius 2 is 2.25 bits per heavy atom. The lowest BCUT2D eigenvalue weighted by atomic mass is 9.98. The molecule has 1 aromatic rings. The summed E-state index contributed by atoms with van der Waals surface area (Å²) in [7, 11) is 0. The maximum atomic E-state index is 11.9. The van der Waals surface area contributed by atoms with Crippen molar-refractivity contribution in [1.82, 2.24) is 5.32 Å². The molecule has 0 radical (unpaired) electrons. The zero-order valence-corrected chi connectivity index (χ0v) is 12.4. The molecule has 5 heteroatoms. The van der Waals surface area contributed by atoms with Crippen molar-refractivity contribution in [2.75, 3.05) is 11.9 Å². The van der Waals surface area contributed by atoms with E-state index in [0.29, 0.717) is 5.02 Å². The van der Waals surface area contributed by atoms with Crippen molar-refractivity contribution in [1.29, 1.82) is 5.26 Å². The van der Waals surface area contributed by atoms with E-state index in [1.165, 1.54) is 0 Å². The van der Waals surface area contributed by atoms with E-state index in [1.807, 2.05) is 25.1 Å². The second-order valence-corrected chi connectivity index (χ2v) is 5.88. The van der Waals surface area contributed by atoms with Crippen LogP contribution in [0.1, 0.15) is 25.3 Å². The second kappa shape index (κ2) is 5.72. The minimum atomic E-state index is -0.754. The van der Waals surface area contributed by atoms with E-state index < -0.39 is 5.54 Å². The van der Waals surface area contributed by atoms with Gasteiger partial charge in [0, 0.05) is 0 Å². The van der Waals surface area contributed by atoms with Crippen molar-refractivity contribution in [3.63, 3.8) is 0 Å². The molecule has 0 aliphatic heterocycles. The third-order valence-corrected chi connectivity index (χ3v) is 3.90. The van der Waals surface area contributed by atoms with Gasteiger partial charge < -0.3 is 10.6 Å². The lowest BCUT2D eigenvalue weighted by Gasteiger charge is -2.23. The number of nitriles is 1. The van der Waals surface area contributed by atoms with Gasteiger partial charge in [-0.3, -0.25) is 4.79 Å². The van der Waals surface area contributed by atoms with E-state index in [4.69, 9.17) is 11.6 Å². The zero-order valence-electron chi connectivity index (χ0n) is 11.7. The first-order chi connectivity index (χ1) is 9.44. The van der Waals surface area contributed by atoms with E-state index in [9.17, 15) is 10.1 Å². The standard InChI is InChI=1S/C15H18ClN3O/c1-10-3-6-13(12(16)7-10)18-8-14(20)19-15(2,9-17)11-4-5-11/h3,6-7,11,18H,4-5,8H2,1-2H3,(H,19,20). The summed E-state index contributed by atoms with van der Waals surface area (Å²) in [5.41, 5.74) is 1.03. The Balaban J connectivity index is 1.90.